The van der Waals surface area contributed by atoms with Gasteiger partial charge in [0.2, 0.25) is 0 Å². The summed E-state index contributed by atoms with van der Waals surface area (Å²) in [6.07, 6.45) is 13.9. The van der Waals surface area contributed by atoms with E-state index in [4.69, 9.17) is 4.74 Å². The van der Waals surface area contributed by atoms with Crippen molar-refractivity contribution in [2.75, 3.05) is 18.6 Å². The third-order valence-electron chi connectivity index (χ3n) is 3.34. The molecular formula is C17H34O2S. The molecule has 0 aliphatic carbocycles. The van der Waals surface area contributed by atoms with E-state index in [-0.39, 0.29) is 11.4 Å². The maximum Gasteiger partial charge on any atom is 0.311 e. The lowest BCUT2D eigenvalue weighted by molar-refractivity contribution is -0.153. The van der Waals surface area contributed by atoms with Gasteiger partial charge in [-0.3, -0.25) is 4.79 Å². The normalized spacial score (nSPS) is 11.6. The highest BCUT2D eigenvalue weighted by atomic mass is 32.2. The number of hydrogen-bond donors (Lipinski definition) is 0. The monoisotopic (exact) mass is 302 g/mol. The van der Waals surface area contributed by atoms with Gasteiger partial charge in [0.15, 0.2) is 0 Å². The highest BCUT2D eigenvalue weighted by Gasteiger charge is 2.22. The Morgan fingerprint density at radius 3 is 1.75 bits per heavy atom. The van der Waals surface area contributed by atoms with Crippen molar-refractivity contribution in [2.24, 2.45) is 5.41 Å². The molecule has 0 aliphatic rings. The minimum absolute atomic E-state index is 0.0808. The molecular weight excluding hydrogens is 268 g/mol. The van der Waals surface area contributed by atoms with Gasteiger partial charge >= 0.3 is 5.97 Å². The average molecular weight is 303 g/mol. The number of ether oxygens (including phenoxy) is 1. The maximum atomic E-state index is 11.5. The largest absolute Gasteiger partial charge is 0.465 e. The first-order valence-electron chi connectivity index (χ1n) is 8.14. The number of hydrogen-bond acceptors (Lipinski definition) is 3. The summed E-state index contributed by atoms with van der Waals surface area (Å²) >= 11 is 1.95. The molecule has 0 aromatic rings. The van der Waals surface area contributed by atoms with Crippen LogP contribution in [0.5, 0.6) is 0 Å². The summed E-state index contributed by atoms with van der Waals surface area (Å²) in [5.41, 5.74) is -0.365. The minimum Gasteiger partial charge on any atom is -0.465 e. The second kappa shape index (κ2) is 12.6. The standard InChI is InChI=1S/C17H34O2S/c1-17(2,3)16(18)19-14-12-10-8-6-5-7-9-11-13-15-20-4/h5-15H2,1-4H3. The third-order valence-corrected chi connectivity index (χ3v) is 4.04. The van der Waals surface area contributed by atoms with Gasteiger partial charge in [-0.25, -0.2) is 0 Å². The van der Waals surface area contributed by atoms with E-state index < -0.39 is 0 Å². The van der Waals surface area contributed by atoms with Crippen LogP contribution in [0, 0.1) is 5.41 Å². The summed E-state index contributed by atoms with van der Waals surface area (Å²) in [4.78, 5) is 11.5. The number of carbonyl (C=O) groups is 1. The van der Waals surface area contributed by atoms with Gasteiger partial charge in [0.05, 0.1) is 12.0 Å². The zero-order valence-electron chi connectivity index (χ0n) is 14.0. The molecule has 0 unspecified atom stereocenters. The highest BCUT2D eigenvalue weighted by molar-refractivity contribution is 7.98. The first kappa shape index (κ1) is 19.8. The van der Waals surface area contributed by atoms with Crippen molar-refractivity contribution < 1.29 is 9.53 Å². The molecule has 0 spiro atoms. The van der Waals surface area contributed by atoms with Crippen LogP contribution in [0.3, 0.4) is 0 Å². The fraction of sp³-hybridized carbons (Fsp3) is 0.941. The van der Waals surface area contributed by atoms with E-state index in [2.05, 4.69) is 6.26 Å². The fourth-order valence-electron chi connectivity index (χ4n) is 1.97. The Morgan fingerprint density at radius 2 is 1.30 bits per heavy atom. The van der Waals surface area contributed by atoms with Crippen LogP contribution in [0.15, 0.2) is 0 Å². The Hall–Kier alpha value is -0.180. The van der Waals surface area contributed by atoms with Crippen LogP contribution in [0.25, 0.3) is 0 Å². The SMILES string of the molecule is CSCCCCCCCCCCCOC(=O)C(C)(C)C. The van der Waals surface area contributed by atoms with Gasteiger partial charge in [-0.1, -0.05) is 44.9 Å². The predicted octanol–water partition coefficient (Wildman–Crippen LogP) is 5.45. The van der Waals surface area contributed by atoms with Crippen molar-refractivity contribution in [3.05, 3.63) is 0 Å². The molecule has 0 aliphatic heterocycles. The van der Waals surface area contributed by atoms with Crippen molar-refractivity contribution in [1.29, 1.82) is 0 Å². The van der Waals surface area contributed by atoms with Gasteiger partial charge < -0.3 is 4.74 Å². The molecule has 0 fully saturated rings. The lowest BCUT2D eigenvalue weighted by atomic mass is 9.97. The van der Waals surface area contributed by atoms with Crippen LogP contribution in [-0.4, -0.2) is 24.6 Å². The topological polar surface area (TPSA) is 26.3 Å². The zero-order chi connectivity index (χ0) is 15.3. The van der Waals surface area contributed by atoms with Crippen molar-refractivity contribution in [3.8, 4) is 0 Å². The van der Waals surface area contributed by atoms with Crippen molar-refractivity contribution in [2.45, 2.75) is 78.6 Å². The summed E-state index contributed by atoms with van der Waals surface area (Å²) in [5, 5.41) is 0. The summed E-state index contributed by atoms with van der Waals surface area (Å²) in [6, 6.07) is 0. The molecule has 0 bridgehead atoms. The predicted molar refractivity (Wildman–Crippen MR) is 90.3 cm³/mol. The van der Waals surface area contributed by atoms with E-state index in [0.717, 1.165) is 6.42 Å². The molecule has 3 heteroatoms. The second-order valence-corrected chi connectivity index (χ2v) is 7.55. The Morgan fingerprint density at radius 1 is 0.850 bits per heavy atom. The molecule has 120 valence electrons. The summed E-state index contributed by atoms with van der Waals surface area (Å²) in [6.45, 7) is 6.28. The smallest absolute Gasteiger partial charge is 0.311 e. The molecule has 0 aromatic carbocycles. The van der Waals surface area contributed by atoms with E-state index in [1.54, 1.807) is 0 Å². The first-order valence-corrected chi connectivity index (χ1v) is 9.54. The number of esters is 1. The molecule has 0 radical (unpaired) electrons. The number of carbonyl (C=O) groups excluding carboxylic acids is 1. The van der Waals surface area contributed by atoms with E-state index >= 15 is 0 Å². The van der Waals surface area contributed by atoms with Crippen LogP contribution < -0.4 is 0 Å². The molecule has 0 atom stereocenters. The zero-order valence-corrected chi connectivity index (χ0v) is 14.8. The number of unbranched alkanes of at least 4 members (excludes halogenated alkanes) is 8. The average Bonchev–Trinajstić information content (AvgIpc) is 2.38. The van der Waals surface area contributed by atoms with Crippen LogP contribution >= 0.6 is 11.8 Å². The van der Waals surface area contributed by atoms with Gasteiger partial charge in [0.1, 0.15) is 0 Å². The van der Waals surface area contributed by atoms with Crippen molar-refractivity contribution in [1.82, 2.24) is 0 Å². The maximum absolute atomic E-state index is 11.5. The van der Waals surface area contributed by atoms with Crippen LogP contribution in [0.2, 0.25) is 0 Å². The van der Waals surface area contributed by atoms with E-state index in [0.29, 0.717) is 6.61 Å². The van der Waals surface area contributed by atoms with Gasteiger partial charge in [0.25, 0.3) is 0 Å². The van der Waals surface area contributed by atoms with Crippen LogP contribution in [0.1, 0.15) is 78.6 Å². The number of rotatable bonds is 12. The first-order chi connectivity index (χ1) is 9.48. The Kier molecular flexibility index (Phi) is 12.4. The Balaban J connectivity index is 3.16. The van der Waals surface area contributed by atoms with E-state index in [1.807, 2.05) is 32.5 Å². The summed E-state index contributed by atoms with van der Waals surface area (Å²) in [5.74, 6) is 1.23. The molecule has 0 amide bonds. The molecule has 0 saturated heterocycles. The van der Waals surface area contributed by atoms with Gasteiger partial charge in [-0.2, -0.15) is 11.8 Å². The molecule has 2 nitrogen and oxygen atoms in total. The summed E-state index contributed by atoms with van der Waals surface area (Å²) < 4.78 is 5.25. The second-order valence-electron chi connectivity index (χ2n) is 6.56. The van der Waals surface area contributed by atoms with E-state index in [9.17, 15) is 4.79 Å². The molecule has 0 saturated carbocycles. The Labute approximate surface area is 130 Å². The van der Waals surface area contributed by atoms with Gasteiger partial charge in [-0.05, 0) is 45.6 Å². The molecule has 0 heterocycles. The third kappa shape index (κ3) is 12.8. The fourth-order valence-corrected chi connectivity index (χ4v) is 2.46. The highest BCUT2D eigenvalue weighted by Crippen LogP contribution is 2.16. The van der Waals surface area contributed by atoms with Gasteiger partial charge in [0, 0.05) is 0 Å². The molecule has 0 rings (SSSR count). The quantitative estimate of drug-likeness (QED) is 0.354. The number of thioether (sulfide) groups is 1. The lowest BCUT2D eigenvalue weighted by Crippen LogP contribution is -2.23. The van der Waals surface area contributed by atoms with Gasteiger partial charge in [-0.15, -0.1) is 0 Å². The molecule has 20 heavy (non-hydrogen) atoms. The summed E-state index contributed by atoms with van der Waals surface area (Å²) in [7, 11) is 0. The van der Waals surface area contributed by atoms with Crippen molar-refractivity contribution in [3.63, 3.8) is 0 Å². The lowest BCUT2D eigenvalue weighted by Gasteiger charge is -2.16. The molecule has 0 N–H and O–H groups in total. The minimum atomic E-state index is -0.365. The Bertz CT molecular complexity index is 234. The van der Waals surface area contributed by atoms with Crippen LogP contribution in [-0.2, 0) is 9.53 Å². The van der Waals surface area contributed by atoms with Crippen molar-refractivity contribution >= 4 is 17.7 Å². The molecule has 0 aromatic heterocycles. The van der Waals surface area contributed by atoms with E-state index in [1.165, 1.54) is 57.1 Å². The van der Waals surface area contributed by atoms with Crippen LogP contribution in [0.4, 0.5) is 0 Å².